The quantitative estimate of drug-likeness (QED) is 0.197. The van der Waals surface area contributed by atoms with Crippen LogP contribution in [0.25, 0.3) is 0 Å². The van der Waals surface area contributed by atoms with Gasteiger partial charge in [0.1, 0.15) is 0 Å². The fourth-order valence-electron chi connectivity index (χ4n) is 2.72. The molecule has 0 aromatic rings. The van der Waals surface area contributed by atoms with E-state index in [0.29, 0.717) is 31.2 Å². The second kappa shape index (κ2) is 16.3. The largest absolute Gasteiger partial charge is 0.385 e. The van der Waals surface area contributed by atoms with E-state index in [4.69, 9.17) is 13.8 Å². The first-order valence-electron chi connectivity index (χ1n) is 10.3. The molecule has 0 bridgehead atoms. The molecule has 0 saturated carbocycles. The SMILES string of the molecule is CCCCCCC(CCOC)CCOP(=O)(CCCC)OCC(C)C. The van der Waals surface area contributed by atoms with Gasteiger partial charge in [-0.05, 0) is 31.1 Å². The Morgan fingerprint density at radius 1 is 0.840 bits per heavy atom. The van der Waals surface area contributed by atoms with Crippen LogP contribution in [0.1, 0.15) is 85.5 Å². The summed E-state index contributed by atoms with van der Waals surface area (Å²) in [4.78, 5) is 0. The van der Waals surface area contributed by atoms with E-state index >= 15 is 0 Å². The third-order valence-electron chi connectivity index (χ3n) is 4.40. The second-order valence-corrected chi connectivity index (χ2v) is 9.68. The molecule has 5 heteroatoms. The molecule has 0 aromatic carbocycles. The molecular formula is C20H43O4P. The molecule has 2 atom stereocenters. The molecule has 25 heavy (non-hydrogen) atoms. The average Bonchev–Trinajstić information content (AvgIpc) is 2.59. The van der Waals surface area contributed by atoms with Crippen molar-refractivity contribution in [3.63, 3.8) is 0 Å². The lowest BCUT2D eigenvalue weighted by atomic mass is 9.95. The number of methoxy groups -OCH3 is 1. The van der Waals surface area contributed by atoms with E-state index in [1.807, 2.05) is 0 Å². The number of unbranched alkanes of at least 4 members (excludes halogenated alkanes) is 4. The molecule has 152 valence electrons. The Kier molecular flexibility index (Phi) is 16.4. The molecule has 2 unspecified atom stereocenters. The monoisotopic (exact) mass is 378 g/mol. The highest BCUT2D eigenvalue weighted by Gasteiger charge is 2.24. The van der Waals surface area contributed by atoms with Crippen molar-refractivity contribution in [2.75, 3.05) is 33.1 Å². The summed E-state index contributed by atoms with van der Waals surface area (Å²) in [6, 6.07) is 0. The summed E-state index contributed by atoms with van der Waals surface area (Å²) in [6.45, 7) is 10.3. The van der Waals surface area contributed by atoms with Crippen LogP contribution in [0.5, 0.6) is 0 Å². The predicted molar refractivity (Wildman–Crippen MR) is 107 cm³/mol. The first-order chi connectivity index (χ1) is 12.0. The molecule has 0 heterocycles. The van der Waals surface area contributed by atoms with Crippen LogP contribution >= 0.6 is 7.60 Å². The van der Waals surface area contributed by atoms with Crippen molar-refractivity contribution in [2.45, 2.75) is 85.5 Å². The normalized spacial score (nSPS) is 15.4. The Bertz CT molecular complexity index is 334. The molecule has 0 fully saturated rings. The molecule has 0 spiro atoms. The van der Waals surface area contributed by atoms with E-state index in [9.17, 15) is 4.57 Å². The number of hydrogen-bond donors (Lipinski definition) is 0. The van der Waals surface area contributed by atoms with Crippen molar-refractivity contribution in [3.05, 3.63) is 0 Å². The van der Waals surface area contributed by atoms with Gasteiger partial charge in [0.15, 0.2) is 0 Å². The van der Waals surface area contributed by atoms with E-state index < -0.39 is 7.60 Å². The second-order valence-electron chi connectivity index (χ2n) is 7.50. The van der Waals surface area contributed by atoms with Gasteiger partial charge in [0.2, 0.25) is 0 Å². The van der Waals surface area contributed by atoms with Crippen LogP contribution in [-0.2, 0) is 18.3 Å². The third-order valence-corrected chi connectivity index (χ3v) is 6.38. The summed E-state index contributed by atoms with van der Waals surface area (Å²) < 4.78 is 29.6. The fraction of sp³-hybridized carbons (Fsp3) is 1.00. The van der Waals surface area contributed by atoms with Gasteiger partial charge in [0.05, 0.1) is 19.4 Å². The number of hydrogen-bond acceptors (Lipinski definition) is 4. The van der Waals surface area contributed by atoms with Crippen molar-refractivity contribution < 1.29 is 18.3 Å². The van der Waals surface area contributed by atoms with E-state index in [1.54, 1.807) is 7.11 Å². The molecule has 0 rings (SSSR count). The van der Waals surface area contributed by atoms with E-state index in [1.165, 1.54) is 32.1 Å². The fourth-order valence-corrected chi connectivity index (χ4v) is 4.66. The minimum atomic E-state index is -2.94. The zero-order valence-corrected chi connectivity index (χ0v) is 18.3. The Morgan fingerprint density at radius 3 is 2.12 bits per heavy atom. The van der Waals surface area contributed by atoms with Gasteiger partial charge in [-0.1, -0.05) is 66.2 Å². The van der Waals surface area contributed by atoms with E-state index in [2.05, 4.69) is 27.7 Å². The molecule has 0 aliphatic carbocycles. The minimum Gasteiger partial charge on any atom is -0.385 e. The highest BCUT2D eigenvalue weighted by atomic mass is 31.2. The first-order valence-corrected chi connectivity index (χ1v) is 12.1. The average molecular weight is 379 g/mol. The van der Waals surface area contributed by atoms with Gasteiger partial charge in [-0.25, -0.2) is 0 Å². The Morgan fingerprint density at radius 2 is 1.52 bits per heavy atom. The maximum atomic E-state index is 12.9. The lowest BCUT2D eigenvalue weighted by Crippen LogP contribution is -2.11. The zero-order valence-electron chi connectivity index (χ0n) is 17.4. The van der Waals surface area contributed by atoms with Crippen LogP contribution in [0.2, 0.25) is 0 Å². The molecule has 0 amide bonds. The highest BCUT2D eigenvalue weighted by Crippen LogP contribution is 2.49. The van der Waals surface area contributed by atoms with E-state index in [-0.39, 0.29) is 0 Å². The molecule has 4 nitrogen and oxygen atoms in total. The third kappa shape index (κ3) is 14.9. The molecule has 0 aliphatic rings. The summed E-state index contributed by atoms with van der Waals surface area (Å²) in [6.07, 6.45) is 10.8. The lowest BCUT2D eigenvalue weighted by molar-refractivity contribution is 0.152. The summed E-state index contributed by atoms with van der Waals surface area (Å²) in [5.74, 6) is 0.952. The molecule has 0 saturated heterocycles. The molecular weight excluding hydrogens is 335 g/mol. The Balaban J connectivity index is 4.35. The van der Waals surface area contributed by atoms with Crippen LogP contribution in [0.15, 0.2) is 0 Å². The Labute approximate surface area is 156 Å². The van der Waals surface area contributed by atoms with Gasteiger partial charge in [-0.3, -0.25) is 4.57 Å². The van der Waals surface area contributed by atoms with Crippen molar-refractivity contribution >= 4 is 7.60 Å². The first kappa shape index (κ1) is 25.1. The molecule has 0 aliphatic heterocycles. The van der Waals surface area contributed by atoms with Gasteiger partial charge in [-0.2, -0.15) is 0 Å². The maximum Gasteiger partial charge on any atom is 0.330 e. The Hall–Kier alpha value is 0.110. The van der Waals surface area contributed by atoms with Crippen LogP contribution in [0, 0.1) is 11.8 Å². The van der Waals surface area contributed by atoms with Crippen LogP contribution in [-0.4, -0.2) is 33.1 Å². The highest BCUT2D eigenvalue weighted by molar-refractivity contribution is 7.53. The lowest BCUT2D eigenvalue weighted by Gasteiger charge is -2.22. The summed E-state index contributed by atoms with van der Waals surface area (Å²) in [5, 5.41) is 0. The maximum absolute atomic E-state index is 12.9. The summed E-state index contributed by atoms with van der Waals surface area (Å²) in [7, 11) is -1.19. The number of rotatable bonds is 18. The molecule has 0 radical (unpaired) electrons. The topological polar surface area (TPSA) is 44.8 Å². The van der Waals surface area contributed by atoms with Crippen LogP contribution in [0.4, 0.5) is 0 Å². The van der Waals surface area contributed by atoms with Crippen molar-refractivity contribution in [1.29, 1.82) is 0 Å². The van der Waals surface area contributed by atoms with Gasteiger partial charge >= 0.3 is 7.60 Å². The summed E-state index contributed by atoms with van der Waals surface area (Å²) >= 11 is 0. The van der Waals surface area contributed by atoms with Crippen LogP contribution < -0.4 is 0 Å². The van der Waals surface area contributed by atoms with Gasteiger partial charge in [0.25, 0.3) is 0 Å². The smallest absolute Gasteiger partial charge is 0.330 e. The molecule has 0 N–H and O–H groups in total. The van der Waals surface area contributed by atoms with Crippen LogP contribution in [0.3, 0.4) is 0 Å². The van der Waals surface area contributed by atoms with Crippen molar-refractivity contribution in [1.82, 2.24) is 0 Å². The zero-order chi connectivity index (χ0) is 19.0. The van der Waals surface area contributed by atoms with Gasteiger partial charge < -0.3 is 13.8 Å². The van der Waals surface area contributed by atoms with Crippen molar-refractivity contribution in [2.24, 2.45) is 11.8 Å². The number of ether oxygens (including phenoxy) is 1. The van der Waals surface area contributed by atoms with Gasteiger partial charge in [0, 0.05) is 13.7 Å². The standard InChI is InChI=1S/C20H43O4P/c1-6-8-10-11-12-20(13-15-22-5)14-16-23-25(21,17-9-7-2)24-18-19(3)4/h19-20H,6-18H2,1-5H3. The predicted octanol–water partition coefficient (Wildman–Crippen LogP) is 6.68. The summed E-state index contributed by atoms with van der Waals surface area (Å²) in [5.41, 5.74) is 0. The van der Waals surface area contributed by atoms with Gasteiger partial charge in [-0.15, -0.1) is 0 Å². The molecule has 0 aromatic heterocycles. The van der Waals surface area contributed by atoms with E-state index in [0.717, 1.165) is 32.3 Å². The minimum absolute atomic E-state index is 0.367. The van der Waals surface area contributed by atoms with Crippen molar-refractivity contribution in [3.8, 4) is 0 Å².